The fraction of sp³-hybridized carbons (Fsp3) is 0.150. The quantitative estimate of drug-likeness (QED) is 0.492. The van der Waals surface area contributed by atoms with Crippen LogP contribution in [0.25, 0.3) is 10.6 Å². The molecule has 2 amide bonds. The number of hydrogen-bond donors (Lipinski definition) is 1. The molecule has 0 saturated carbocycles. The predicted octanol–water partition coefficient (Wildman–Crippen LogP) is 5.87. The second-order valence-electron chi connectivity index (χ2n) is 6.01. The second-order valence-corrected chi connectivity index (χ2v) is 8.12. The Kier molecular flexibility index (Phi) is 7.14. The zero-order valence-electron chi connectivity index (χ0n) is 15.3. The van der Waals surface area contributed by atoms with Crippen LogP contribution in [0.2, 0.25) is 15.1 Å². The number of hydrogen-bond acceptors (Lipinski definition) is 4. The second kappa shape index (κ2) is 9.59. The van der Waals surface area contributed by atoms with Gasteiger partial charge in [-0.05, 0) is 31.2 Å². The number of thiazole rings is 1. The van der Waals surface area contributed by atoms with Crippen LogP contribution in [0.5, 0.6) is 0 Å². The molecular weight excluding hydrogens is 453 g/mol. The van der Waals surface area contributed by atoms with E-state index in [2.05, 4.69) is 10.3 Å². The Bertz CT molecular complexity index is 1020. The van der Waals surface area contributed by atoms with Crippen LogP contribution < -0.4 is 5.32 Å². The number of likely N-dealkylation sites (N-methyl/N-ethyl adjacent to an activating group) is 1. The van der Waals surface area contributed by atoms with Gasteiger partial charge >= 0.3 is 0 Å². The van der Waals surface area contributed by atoms with Crippen molar-refractivity contribution in [2.75, 3.05) is 18.4 Å². The van der Waals surface area contributed by atoms with Crippen molar-refractivity contribution in [1.29, 1.82) is 0 Å². The van der Waals surface area contributed by atoms with Crippen molar-refractivity contribution in [3.05, 3.63) is 68.6 Å². The van der Waals surface area contributed by atoms with Gasteiger partial charge in [-0.1, -0.05) is 53.0 Å². The highest BCUT2D eigenvalue weighted by Gasteiger charge is 2.21. The van der Waals surface area contributed by atoms with Crippen LogP contribution in [0, 0.1) is 0 Å². The highest BCUT2D eigenvalue weighted by Crippen LogP contribution is 2.30. The van der Waals surface area contributed by atoms with Gasteiger partial charge < -0.3 is 10.2 Å². The summed E-state index contributed by atoms with van der Waals surface area (Å²) in [5.74, 6) is -0.729. The van der Waals surface area contributed by atoms with Crippen LogP contribution in [0.3, 0.4) is 0 Å². The minimum absolute atomic E-state index is 0.148. The van der Waals surface area contributed by atoms with Gasteiger partial charge in [-0.2, -0.15) is 0 Å². The first kappa shape index (κ1) is 21.6. The molecule has 0 unspecified atom stereocenters. The monoisotopic (exact) mass is 467 g/mol. The highest BCUT2D eigenvalue weighted by molar-refractivity contribution is 7.13. The molecule has 0 spiro atoms. The molecule has 1 aromatic heterocycles. The van der Waals surface area contributed by atoms with Gasteiger partial charge in [0, 0.05) is 22.5 Å². The molecule has 0 aliphatic carbocycles. The molecule has 0 saturated heterocycles. The summed E-state index contributed by atoms with van der Waals surface area (Å²) in [6, 6.07) is 12.1. The van der Waals surface area contributed by atoms with E-state index in [0.29, 0.717) is 32.3 Å². The first-order chi connectivity index (χ1) is 13.9. The van der Waals surface area contributed by atoms with Gasteiger partial charge in [0.1, 0.15) is 17.2 Å². The van der Waals surface area contributed by atoms with Crippen molar-refractivity contribution in [2.45, 2.75) is 6.92 Å². The maximum atomic E-state index is 12.8. The minimum atomic E-state index is -0.400. The largest absolute Gasteiger partial charge is 0.328 e. The lowest BCUT2D eigenvalue weighted by atomic mass is 10.2. The molecule has 9 heteroatoms. The highest BCUT2D eigenvalue weighted by atomic mass is 35.5. The number of halogens is 3. The number of rotatable bonds is 6. The van der Waals surface area contributed by atoms with E-state index in [-0.39, 0.29) is 18.1 Å². The maximum absolute atomic E-state index is 12.8. The summed E-state index contributed by atoms with van der Waals surface area (Å²) in [5, 5.41) is 6.32. The summed E-state index contributed by atoms with van der Waals surface area (Å²) in [5.41, 5.74) is 1.47. The Morgan fingerprint density at radius 2 is 1.72 bits per heavy atom. The Morgan fingerprint density at radius 1 is 1.07 bits per heavy atom. The van der Waals surface area contributed by atoms with E-state index in [1.165, 1.54) is 16.2 Å². The Morgan fingerprint density at radius 3 is 2.34 bits per heavy atom. The number of nitrogens with one attached hydrogen (secondary N) is 1. The summed E-state index contributed by atoms with van der Waals surface area (Å²) in [6.07, 6.45) is 0. The van der Waals surface area contributed by atoms with Crippen molar-refractivity contribution in [3.8, 4) is 10.6 Å². The van der Waals surface area contributed by atoms with Gasteiger partial charge in [-0.25, -0.2) is 4.98 Å². The number of aromatic nitrogens is 1. The fourth-order valence-electron chi connectivity index (χ4n) is 2.56. The van der Waals surface area contributed by atoms with Crippen molar-refractivity contribution in [2.24, 2.45) is 0 Å². The summed E-state index contributed by atoms with van der Waals surface area (Å²) >= 11 is 19.4. The van der Waals surface area contributed by atoms with Crippen LogP contribution in [0.1, 0.15) is 17.4 Å². The summed E-state index contributed by atoms with van der Waals surface area (Å²) in [6.45, 7) is 1.99. The standard InChI is InChI=1S/C20H16Cl3N3O2S/c1-2-26(10-17(27)25-18-14(22)4-3-5-15(18)23)20(28)16-11-29-19(24-16)12-6-8-13(21)9-7-12/h3-9,11H,2,10H2,1H3,(H,25,27). The molecule has 0 fully saturated rings. The molecule has 150 valence electrons. The summed E-state index contributed by atoms with van der Waals surface area (Å²) < 4.78 is 0. The van der Waals surface area contributed by atoms with Gasteiger partial charge in [0.25, 0.3) is 5.91 Å². The molecule has 2 aromatic carbocycles. The third kappa shape index (κ3) is 5.28. The van der Waals surface area contributed by atoms with Gasteiger partial charge in [0.15, 0.2) is 0 Å². The smallest absolute Gasteiger partial charge is 0.273 e. The van der Waals surface area contributed by atoms with Gasteiger partial charge in [0.05, 0.1) is 15.7 Å². The lowest BCUT2D eigenvalue weighted by Gasteiger charge is -2.19. The average Bonchev–Trinajstić information content (AvgIpc) is 3.19. The fourth-order valence-corrected chi connectivity index (χ4v) is 3.97. The van der Waals surface area contributed by atoms with E-state index < -0.39 is 5.91 Å². The number of carbonyl (C=O) groups is 2. The van der Waals surface area contributed by atoms with E-state index in [9.17, 15) is 9.59 Å². The van der Waals surface area contributed by atoms with Crippen LogP contribution in [0.4, 0.5) is 5.69 Å². The lowest BCUT2D eigenvalue weighted by molar-refractivity contribution is -0.116. The van der Waals surface area contributed by atoms with Crippen molar-refractivity contribution in [1.82, 2.24) is 9.88 Å². The van der Waals surface area contributed by atoms with Crippen LogP contribution in [-0.4, -0.2) is 34.8 Å². The molecule has 5 nitrogen and oxygen atoms in total. The molecule has 0 radical (unpaired) electrons. The van der Waals surface area contributed by atoms with Crippen LogP contribution in [-0.2, 0) is 4.79 Å². The molecule has 0 bridgehead atoms. The third-order valence-electron chi connectivity index (χ3n) is 4.05. The van der Waals surface area contributed by atoms with E-state index in [1.807, 2.05) is 12.1 Å². The van der Waals surface area contributed by atoms with E-state index >= 15 is 0 Å². The van der Waals surface area contributed by atoms with E-state index in [4.69, 9.17) is 34.8 Å². The third-order valence-corrected chi connectivity index (χ3v) is 5.82. The molecule has 3 rings (SSSR count). The normalized spacial score (nSPS) is 10.6. The average molecular weight is 469 g/mol. The molecule has 1 N–H and O–H groups in total. The molecule has 1 heterocycles. The van der Waals surface area contributed by atoms with Crippen LogP contribution in [0.15, 0.2) is 47.8 Å². The van der Waals surface area contributed by atoms with Crippen molar-refractivity contribution < 1.29 is 9.59 Å². The topological polar surface area (TPSA) is 62.3 Å². The Labute approximate surface area is 187 Å². The predicted molar refractivity (Wildman–Crippen MR) is 119 cm³/mol. The SMILES string of the molecule is CCN(CC(=O)Nc1c(Cl)cccc1Cl)C(=O)c1csc(-c2ccc(Cl)cc2)n1. The number of para-hydroxylation sites is 1. The number of amides is 2. The van der Waals surface area contributed by atoms with E-state index in [1.54, 1.807) is 42.6 Å². The molecule has 0 atom stereocenters. The zero-order valence-corrected chi connectivity index (χ0v) is 18.4. The van der Waals surface area contributed by atoms with Gasteiger partial charge in [-0.3, -0.25) is 9.59 Å². The zero-order chi connectivity index (χ0) is 21.0. The van der Waals surface area contributed by atoms with Crippen LogP contribution >= 0.6 is 46.1 Å². The van der Waals surface area contributed by atoms with E-state index in [0.717, 1.165) is 5.56 Å². The Balaban J connectivity index is 1.70. The molecule has 0 aliphatic heterocycles. The number of carbonyl (C=O) groups excluding carboxylic acids is 2. The maximum Gasteiger partial charge on any atom is 0.273 e. The Hall–Kier alpha value is -2.12. The van der Waals surface area contributed by atoms with Gasteiger partial charge in [0.2, 0.25) is 5.91 Å². The van der Waals surface area contributed by atoms with Gasteiger partial charge in [-0.15, -0.1) is 11.3 Å². The summed E-state index contributed by atoms with van der Waals surface area (Å²) in [4.78, 5) is 31.1. The van der Waals surface area contributed by atoms with Crippen molar-refractivity contribution >= 4 is 63.6 Å². The minimum Gasteiger partial charge on any atom is -0.328 e. The number of benzene rings is 2. The number of anilines is 1. The first-order valence-corrected chi connectivity index (χ1v) is 10.6. The summed E-state index contributed by atoms with van der Waals surface area (Å²) in [7, 11) is 0. The molecule has 29 heavy (non-hydrogen) atoms. The number of nitrogens with zero attached hydrogens (tertiary/aromatic N) is 2. The molecule has 3 aromatic rings. The molecular formula is C20H16Cl3N3O2S. The molecule has 0 aliphatic rings. The lowest BCUT2D eigenvalue weighted by Crippen LogP contribution is -2.38. The van der Waals surface area contributed by atoms with Crippen molar-refractivity contribution in [3.63, 3.8) is 0 Å². The first-order valence-electron chi connectivity index (χ1n) is 8.63.